The van der Waals surface area contributed by atoms with Crippen molar-refractivity contribution in [2.24, 2.45) is 4.99 Å². The van der Waals surface area contributed by atoms with Gasteiger partial charge in [0.1, 0.15) is 0 Å². The molecule has 0 atom stereocenters. The fourth-order valence-electron chi connectivity index (χ4n) is 3.23. The number of benzene rings is 2. The van der Waals surface area contributed by atoms with Crippen LogP contribution in [0.5, 0.6) is 23.0 Å². The molecule has 0 N–H and O–H groups in total. The Hall–Kier alpha value is -3.16. The lowest BCUT2D eigenvalue weighted by atomic mass is 9.92. The molecule has 1 heterocycles. The van der Waals surface area contributed by atoms with E-state index in [1.165, 1.54) is 25.3 Å². The standard InChI is InChI=1S/C21H21F2NO5/c1-26-18-9-13(4-5-17(18)29-21(22)23)16(25)11-15-14-10-20(28-3)19(27-2)8-12(14)6-7-24-15/h4-5,8-10,21H,6-7,11H2,1-3H3. The molecule has 0 aromatic heterocycles. The fraction of sp³-hybridized carbons (Fsp3) is 0.333. The first kappa shape index (κ1) is 20.6. The summed E-state index contributed by atoms with van der Waals surface area (Å²) in [6, 6.07) is 7.83. The van der Waals surface area contributed by atoms with Crippen molar-refractivity contribution in [1.29, 1.82) is 0 Å². The van der Waals surface area contributed by atoms with Crippen LogP contribution in [0.4, 0.5) is 8.78 Å². The number of methoxy groups -OCH3 is 3. The third-order valence-corrected chi connectivity index (χ3v) is 4.63. The fourth-order valence-corrected chi connectivity index (χ4v) is 3.23. The van der Waals surface area contributed by atoms with Crippen LogP contribution in [-0.4, -0.2) is 46.0 Å². The van der Waals surface area contributed by atoms with Crippen molar-refractivity contribution in [3.05, 3.63) is 47.0 Å². The number of carbonyl (C=O) groups excluding carboxylic acids is 1. The van der Waals surface area contributed by atoms with Crippen molar-refractivity contribution in [1.82, 2.24) is 0 Å². The minimum absolute atomic E-state index is 0.0562. The highest BCUT2D eigenvalue weighted by Crippen LogP contribution is 2.34. The number of hydrogen-bond acceptors (Lipinski definition) is 6. The van der Waals surface area contributed by atoms with Gasteiger partial charge in [0.15, 0.2) is 28.8 Å². The van der Waals surface area contributed by atoms with Crippen molar-refractivity contribution in [3.8, 4) is 23.0 Å². The van der Waals surface area contributed by atoms with Crippen LogP contribution in [0.2, 0.25) is 0 Å². The first-order valence-electron chi connectivity index (χ1n) is 8.91. The van der Waals surface area contributed by atoms with E-state index in [9.17, 15) is 13.6 Å². The predicted molar refractivity (Wildman–Crippen MR) is 103 cm³/mol. The number of ether oxygens (including phenoxy) is 4. The number of halogens is 2. The molecular weight excluding hydrogens is 384 g/mol. The van der Waals surface area contributed by atoms with Gasteiger partial charge in [0.05, 0.1) is 33.5 Å². The van der Waals surface area contributed by atoms with Gasteiger partial charge < -0.3 is 18.9 Å². The summed E-state index contributed by atoms with van der Waals surface area (Å²) in [4.78, 5) is 17.3. The molecule has 29 heavy (non-hydrogen) atoms. The number of carbonyl (C=O) groups is 1. The Morgan fingerprint density at radius 3 is 2.31 bits per heavy atom. The van der Waals surface area contributed by atoms with Gasteiger partial charge in [-0.25, -0.2) is 0 Å². The first-order chi connectivity index (χ1) is 14.0. The van der Waals surface area contributed by atoms with Crippen molar-refractivity contribution in [2.45, 2.75) is 19.5 Å². The molecule has 8 heteroatoms. The second kappa shape index (κ2) is 8.89. The van der Waals surface area contributed by atoms with E-state index in [-0.39, 0.29) is 23.7 Å². The number of Topliss-reactive ketones (excluding diaryl/α,β-unsaturated/α-hetero) is 1. The zero-order valence-electron chi connectivity index (χ0n) is 16.3. The van der Waals surface area contributed by atoms with E-state index in [0.717, 1.165) is 17.5 Å². The summed E-state index contributed by atoms with van der Waals surface area (Å²) in [7, 11) is 4.44. The second-order valence-electron chi connectivity index (χ2n) is 6.29. The number of aliphatic imine (C=N–C) groups is 1. The summed E-state index contributed by atoms with van der Waals surface area (Å²) >= 11 is 0. The number of rotatable bonds is 8. The largest absolute Gasteiger partial charge is 0.493 e. The average Bonchev–Trinajstić information content (AvgIpc) is 2.72. The Morgan fingerprint density at radius 2 is 1.66 bits per heavy atom. The van der Waals surface area contributed by atoms with Crippen LogP contribution in [0.1, 0.15) is 27.9 Å². The molecule has 0 saturated carbocycles. The molecule has 0 spiro atoms. The quantitative estimate of drug-likeness (QED) is 0.623. The Labute approximate surface area is 167 Å². The Bertz CT molecular complexity index is 943. The van der Waals surface area contributed by atoms with Crippen LogP contribution in [0.25, 0.3) is 0 Å². The van der Waals surface area contributed by atoms with Gasteiger partial charge in [0.25, 0.3) is 0 Å². The molecule has 154 valence electrons. The molecule has 0 radical (unpaired) electrons. The molecule has 3 rings (SSSR count). The maximum Gasteiger partial charge on any atom is 0.387 e. The van der Waals surface area contributed by atoms with Gasteiger partial charge in [-0.3, -0.25) is 9.79 Å². The maximum atomic E-state index is 12.8. The molecule has 0 bridgehead atoms. The molecule has 0 saturated heterocycles. The van der Waals surface area contributed by atoms with Gasteiger partial charge in [0, 0.05) is 17.7 Å². The normalized spacial score (nSPS) is 12.8. The molecular formula is C21H21F2NO5. The molecule has 0 fully saturated rings. The predicted octanol–water partition coefficient (Wildman–Crippen LogP) is 3.93. The Morgan fingerprint density at radius 1 is 1.00 bits per heavy atom. The molecule has 6 nitrogen and oxygen atoms in total. The van der Waals surface area contributed by atoms with Gasteiger partial charge in [-0.2, -0.15) is 8.78 Å². The summed E-state index contributed by atoms with van der Waals surface area (Å²) in [5.41, 5.74) is 2.83. The van der Waals surface area contributed by atoms with Crippen LogP contribution in [-0.2, 0) is 6.42 Å². The highest BCUT2D eigenvalue weighted by Gasteiger charge is 2.22. The lowest BCUT2D eigenvalue weighted by Crippen LogP contribution is -2.17. The Balaban J connectivity index is 1.86. The first-order valence-corrected chi connectivity index (χ1v) is 8.91. The van der Waals surface area contributed by atoms with Crippen molar-refractivity contribution < 1.29 is 32.5 Å². The number of alkyl halides is 2. The highest BCUT2D eigenvalue weighted by molar-refractivity contribution is 6.17. The lowest BCUT2D eigenvalue weighted by Gasteiger charge is -2.19. The molecule has 2 aromatic carbocycles. The van der Waals surface area contributed by atoms with Gasteiger partial charge in [-0.15, -0.1) is 0 Å². The maximum absolute atomic E-state index is 12.8. The van der Waals surface area contributed by atoms with E-state index in [2.05, 4.69) is 9.73 Å². The zero-order chi connectivity index (χ0) is 21.0. The van der Waals surface area contributed by atoms with E-state index in [1.807, 2.05) is 12.1 Å². The highest BCUT2D eigenvalue weighted by atomic mass is 19.3. The molecule has 1 aliphatic heterocycles. The van der Waals surface area contributed by atoms with E-state index in [4.69, 9.17) is 14.2 Å². The van der Waals surface area contributed by atoms with E-state index >= 15 is 0 Å². The van der Waals surface area contributed by atoms with Gasteiger partial charge in [0.2, 0.25) is 0 Å². The molecule has 1 aliphatic rings. The number of fused-ring (bicyclic) bond motifs is 1. The second-order valence-corrected chi connectivity index (χ2v) is 6.29. The van der Waals surface area contributed by atoms with Gasteiger partial charge in [-0.05, 0) is 42.3 Å². The summed E-state index contributed by atoms with van der Waals surface area (Å²) in [6.45, 7) is -2.42. The third-order valence-electron chi connectivity index (χ3n) is 4.63. The molecule has 0 unspecified atom stereocenters. The lowest BCUT2D eigenvalue weighted by molar-refractivity contribution is -0.0512. The summed E-state index contributed by atoms with van der Waals surface area (Å²) in [5, 5.41) is 0. The average molecular weight is 405 g/mol. The third kappa shape index (κ3) is 4.47. The van der Waals surface area contributed by atoms with Gasteiger partial charge in [-0.1, -0.05) is 0 Å². The van der Waals surface area contributed by atoms with E-state index in [0.29, 0.717) is 29.3 Å². The van der Waals surface area contributed by atoms with Crippen LogP contribution < -0.4 is 18.9 Å². The summed E-state index contributed by atoms with van der Waals surface area (Å²) in [5.74, 6) is 0.903. The smallest absolute Gasteiger partial charge is 0.387 e. The van der Waals surface area contributed by atoms with E-state index in [1.54, 1.807) is 14.2 Å². The van der Waals surface area contributed by atoms with Crippen LogP contribution in [0, 0.1) is 0 Å². The molecule has 2 aromatic rings. The van der Waals surface area contributed by atoms with Gasteiger partial charge >= 0.3 is 6.61 Å². The summed E-state index contributed by atoms with van der Waals surface area (Å²) < 4.78 is 45.1. The van der Waals surface area contributed by atoms with Crippen molar-refractivity contribution in [2.75, 3.05) is 27.9 Å². The topological polar surface area (TPSA) is 66.4 Å². The van der Waals surface area contributed by atoms with Crippen LogP contribution in [0.3, 0.4) is 0 Å². The minimum atomic E-state index is -2.98. The van der Waals surface area contributed by atoms with Crippen molar-refractivity contribution in [3.63, 3.8) is 0 Å². The van der Waals surface area contributed by atoms with Crippen LogP contribution in [0.15, 0.2) is 35.3 Å². The molecule has 0 aliphatic carbocycles. The van der Waals surface area contributed by atoms with E-state index < -0.39 is 6.61 Å². The summed E-state index contributed by atoms with van der Waals surface area (Å²) in [6.07, 6.45) is 0.793. The minimum Gasteiger partial charge on any atom is -0.493 e. The number of ketones is 1. The Kier molecular flexibility index (Phi) is 6.31. The van der Waals surface area contributed by atoms with Crippen LogP contribution >= 0.6 is 0 Å². The van der Waals surface area contributed by atoms with Crippen molar-refractivity contribution >= 4 is 11.5 Å². The number of nitrogens with zero attached hydrogens (tertiary/aromatic N) is 1. The molecule has 0 amide bonds. The monoisotopic (exact) mass is 405 g/mol. The zero-order valence-corrected chi connectivity index (χ0v) is 16.3. The SMILES string of the molecule is COc1cc2c(cc1OC)C(CC(=O)c1ccc(OC(F)F)c(OC)c1)=NCC2. The number of hydrogen-bond donors (Lipinski definition) is 0.